The Kier molecular flexibility index (Phi) is 5.25. The summed E-state index contributed by atoms with van der Waals surface area (Å²) in [4.78, 5) is 24.1. The third-order valence-electron chi connectivity index (χ3n) is 3.20. The first-order valence-corrected chi connectivity index (χ1v) is 6.30. The van der Waals surface area contributed by atoms with Crippen molar-refractivity contribution in [2.45, 2.75) is 45.6 Å². The van der Waals surface area contributed by atoms with E-state index in [4.69, 9.17) is 5.11 Å². The Morgan fingerprint density at radius 2 is 2.18 bits per heavy atom. The molecule has 5 heteroatoms. The molecular weight excluding hydrogens is 220 g/mol. The number of carbonyl (C=O) groups excluding carboxylic acids is 1. The van der Waals surface area contributed by atoms with Crippen molar-refractivity contribution in [3.63, 3.8) is 0 Å². The fourth-order valence-electron chi connectivity index (χ4n) is 2.32. The molecule has 0 bridgehead atoms. The maximum Gasteiger partial charge on any atom is 0.317 e. The third kappa shape index (κ3) is 4.24. The highest BCUT2D eigenvalue weighted by Crippen LogP contribution is 2.24. The zero-order chi connectivity index (χ0) is 12.8. The quantitative estimate of drug-likeness (QED) is 0.721. The molecule has 17 heavy (non-hydrogen) atoms. The van der Waals surface area contributed by atoms with Gasteiger partial charge in [-0.2, -0.15) is 0 Å². The van der Waals surface area contributed by atoms with E-state index < -0.39 is 5.97 Å². The number of carbonyl (C=O) groups is 2. The lowest BCUT2D eigenvalue weighted by Crippen LogP contribution is -2.43. The molecule has 0 saturated carbocycles. The van der Waals surface area contributed by atoms with Crippen LogP contribution >= 0.6 is 0 Å². The first-order valence-electron chi connectivity index (χ1n) is 6.30. The Morgan fingerprint density at radius 3 is 2.76 bits per heavy atom. The second-order valence-corrected chi connectivity index (χ2v) is 4.78. The molecule has 0 aliphatic carbocycles. The van der Waals surface area contributed by atoms with E-state index >= 15 is 0 Å². The second kappa shape index (κ2) is 6.47. The Balaban J connectivity index is 2.29. The van der Waals surface area contributed by atoms with Crippen molar-refractivity contribution in [2.24, 2.45) is 5.92 Å². The van der Waals surface area contributed by atoms with Crippen LogP contribution in [0.15, 0.2) is 0 Å². The van der Waals surface area contributed by atoms with Gasteiger partial charge in [0.25, 0.3) is 0 Å². The number of rotatable bonds is 5. The molecule has 98 valence electrons. The number of likely N-dealkylation sites (tertiary alicyclic amines) is 1. The summed E-state index contributed by atoms with van der Waals surface area (Å²) in [5.41, 5.74) is 0. The largest absolute Gasteiger partial charge is 0.481 e. The molecule has 1 aliphatic rings. The zero-order valence-electron chi connectivity index (χ0n) is 10.6. The molecule has 1 aliphatic heterocycles. The van der Waals surface area contributed by atoms with Gasteiger partial charge in [-0.3, -0.25) is 4.79 Å². The van der Waals surface area contributed by atoms with Crippen LogP contribution in [-0.2, 0) is 4.79 Å². The number of amides is 2. The van der Waals surface area contributed by atoms with Gasteiger partial charge >= 0.3 is 12.0 Å². The number of nitrogens with zero attached hydrogens (tertiary/aromatic N) is 1. The number of hydrogen-bond donors (Lipinski definition) is 2. The van der Waals surface area contributed by atoms with Gasteiger partial charge in [0.15, 0.2) is 0 Å². The van der Waals surface area contributed by atoms with Crippen LogP contribution in [0.1, 0.15) is 39.5 Å². The molecule has 1 heterocycles. The van der Waals surface area contributed by atoms with Crippen molar-refractivity contribution in [3.05, 3.63) is 0 Å². The van der Waals surface area contributed by atoms with Crippen LogP contribution in [0.25, 0.3) is 0 Å². The zero-order valence-corrected chi connectivity index (χ0v) is 10.6. The summed E-state index contributed by atoms with van der Waals surface area (Å²) in [6.07, 6.45) is 2.64. The van der Waals surface area contributed by atoms with Gasteiger partial charge in [-0.05, 0) is 25.2 Å². The van der Waals surface area contributed by atoms with Crippen LogP contribution < -0.4 is 5.32 Å². The summed E-state index contributed by atoms with van der Waals surface area (Å²) < 4.78 is 0. The topological polar surface area (TPSA) is 69.6 Å². The van der Waals surface area contributed by atoms with Crippen LogP contribution in [0.2, 0.25) is 0 Å². The van der Waals surface area contributed by atoms with E-state index in [1.165, 1.54) is 0 Å². The molecule has 2 amide bonds. The fourth-order valence-corrected chi connectivity index (χ4v) is 2.32. The van der Waals surface area contributed by atoms with Crippen LogP contribution in [0.3, 0.4) is 0 Å². The van der Waals surface area contributed by atoms with Gasteiger partial charge in [0.1, 0.15) is 0 Å². The Morgan fingerprint density at radius 1 is 1.47 bits per heavy atom. The van der Waals surface area contributed by atoms with Crippen molar-refractivity contribution in [3.8, 4) is 0 Å². The highest BCUT2D eigenvalue weighted by Gasteiger charge is 2.31. The fraction of sp³-hybridized carbons (Fsp3) is 0.833. The van der Waals surface area contributed by atoms with Gasteiger partial charge in [0, 0.05) is 25.6 Å². The molecule has 1 rings (SSSR count). The maximum atomic E-state index is 11.9. The van der Waals surface area contributed by atoms with Gasteiger partial charge < -0.3 is 15.3 Å². The maximum absolute atomic E-state index is 11.9. The smallest absolute Gasteiger partial charge is 0.317 e. The predicted octanol–water partition coefficient (Wildman–Crippen LogP) is 1.68. The lowest BCUT2D eigenvalue weighted by atomic mass is 10.1. The number of nitrogens with one attached hydrogen (secondary N) is 1. The summed E-state index contributed by atoms with van der Waals surface area (Å²) in [5.74, 6) is -0.259. The average molecular weight is 242 g/mol. The van der Waals surface area contributed by atoms with Gasteiger partial charge in [-0.15, -0.1) is 0 Å². The molecular formula is C12H22N2O3. The van der Waals surface area contributed by atoms with E-state index in [1.54, 1.807) is 0 Å². The number of carboxylic acid groups (broad SMARTS) is 1. The Labute approximate surface area is 102 Å². The lowest BCUT2D eigenvalue weighted by Gasteiger charge is -2.23. The molecule has 1 fully saturated rings. The Hall–Kier alpha value is -1.26. The summed E-state index contributed by atoms with van der Waals surface area (Å²) in [7, 11) is 0. The third-order valence-corrected chi connectivity index (χ3v) is 3.20. The predicted molar refractivity (Wildman–Crippen MR) is 64.8 cm³/mol. The summed E-state index contributed by atoms with van der Waals surface area (Å²) in [5, 5.41) is 11.3. The average Bonchev–Trinajstić information content (AvgIpc) is 2.65. The number of hydrogen-bond acceptors (Lipinski definition) is 2. The molecule has 2 N–H and O–H groups in total. The van der Waals surface area contributed by atoms with E-state index in [0.29, 0.717) is 24.9 Å². The standard InChI is InChI=1S/C12H22N2O3/c1-3-10-7-9(2)8-14(10)12(17)13-6-4-5-11(15)16/h9-10H,3-8H2,1-2H3,(H,13,17)(H,15,16). The van der Waals surface area contributed by atoms with Crippen LogP contribution in [0, 0.1) is 5.92 Å². The van der Waals surface area contributed by atoms with E-state index in [2.05, 4.69) is 19.2 Å². The normalized spacial score (nSPS) is 23.8. The Bertz CT molecular complexity index is 281. The van der Waals surface area contributed by atoms with E-state index in [-0.39, 0.29) is 12.5 Å². The van der Waals surface area contributed by atoms with Crippen molar-refractivity contribution >= 4 is 12.0 Å². The molecule has 1 saturated heterocycles. The number of urea groups is 1. The number of aliphatic carboxylic acids is 1. The first kappa shape index (κ1) is 13.8. The van der Waals surface area contributed by atoms with E-state index in [1.807, 2.05) is 4.90 Å². The molecule has 5 nitrogen and oxygen atoms in total. The highest BCUT2D eigenvalue weighted by atomic mass is 16.4. The van der Waals surface area contributed by atoms with Gasteiger partial charge in [-0.25, -0.2) is 4.79 Å². The van der Waals surface area contributed by atoms with Gasteiger partial charge in [0.05, 0.1) is 0 Å². The summed E-state index contributed by atoms with van der Waals surface area (Å²) in [6, 6.07) is 0.288. The minimum Gasteiger partial charge on any atom is -0.481 e. The van der Waals surface area contributed by atoms with Crippen molar-refractivity contribution < 1.29 is 14.7 Å². The molecule has 0 spiro atoms. The van der Waals surface area contributed by atoms with Crippen molar-refractivity contribution in [2.75, 3.05) is 13.1 Å². The first-order chi connectivity index (χ1) is 8.04. The SMILES string of the molecule is CCC1CC(C)CN1C(=O)NCCCC(=O)O. The minimum atomic E-state index is -0.819. The lowest BCUT2D eigenvalue weighted by molar-refractivity contribution is -0.137. The molecule has 2 atom stereocenters. The van der Waals surface area contributed by atoms with Gasteiger partial charge in [-0.1, -0.05) is 13.8 Å². The van der Waals surface area contributed by atoms with Gasteiger partial charge in [0.2, 0.25) is 0 Å². The second-order valence-electron chi connectivity index (χ2n) is 4.78. The molecule has 0 radical (unpaired) electrons. The highest BCUT2D eigenvalue weighted by molar-refractivity contribution is 5.75. The molecule has 0 aromatic rings. The van der Waals surface area contributed by atoms with Crippen LogP contribution in [-0.4, -0.2) is 41.1 Å². The molecule has 2 unspecified atom stereocenters. The van der Waals surface area contributed by atoms with E-state index in [9.17, 15) is 9.59 Å². The van der Waals surface area contributed by atoms with Crippen molar-refractivity contribution in [1.29, 1.82) is 0 Å². The van der Waals surface area contributed by atoms with E-state index in [0.717, 1.165) is 19.4 Å². The van der Waals surface area contributed by atoms with Crippen LogP contribution in [0.5, 0.6) is 0 Å². The minimum absolute atomic E-state index is 0.0495. The summed E-state index contributed by atoms with van der Waals surface area (Å²) in [6.45, 7) is 5.49. The molecule has 0 aromatic carbocycles. The molecule has 0 aromatic heterocycles. The number of carboxylic acids is 1. The summed E-state index contributed by atoms with van der Waals surface area (Å²) >= 11 is 0. The van der Waals surface area contributed by atoms with Crippen molar-refractivity contribution in [1.82, 2.24) is 10.2 Å². The monoisotopic (exact) mass is 242 g/mol. The van der Waals surface area contributed by atoms with Crippen LogP contribution in [0.4, 0.5) is 4.79 Å².